The molecule has 3 rings (SSSR count). The maximum atomic E-state index is 6.90. The lowest BCUT2D eigenvalue weighted by Gasteiger charge is -2.47. The highest BCUT2D eigenvalue weighted by atomic mass is 35.5. The third-order valence-corrected chi connectivity index (χ3v) is 5.25. The minimum Gasteiger partial charge on any atom is -0.314 e. The molecule has 0 bridgehead atoms. The average Bonchev–Trinajstić information content (AvgIpc) is 2.52. The number of hydrogen-bond donors (Lipinski definition) is 2. The Morgan fingerprint density at radius 3 is 2.43 bits per heavy atom. The molecule has 0 aromatic heterocycles. The van der Waals surface area contributed by atoms with E-state index in [-0.39, 0.29) is 0 Å². The van der Waals surface area contributed by atoms with E-state index in [1.165, 1.54) is 0 Å². The monoisotopic (exact) mass is 323 g/mol. The van der Waals surface area contributed by atoms with Crippen molar-refractivity contribution in [2.75, 3.05) is 26.2 Å². The Labute approximate surface area is 135 Å². The van der Waals surface area contributed by atoms with E-state index in [0.717, 1.165) is 37.3 Å². The molecule has 3 N–H and O–H groups in total. The first-order chi connectivity index (χ1) is 10.0. The van der Waals surface area contributed by atoms with E-state index in [4.69, 9.17) is 28.9 Å². The molecule has 112 valence electrons. The predicted octanol–water partition coefficient (Wildman–Crippen LogP) is 2.37. The molecule has 1 heterocycles. The van der Waals surface area contributed by atoms with Crippen molar-refractivity contribution in [1.29, 1.82) is 0 Å². The highest BCUT2D eigenvalue weighted by Crippen LogP contribution is 2.43. The van der Waals surface area contributed by atoms with Gasteiger partial charge in [-0.2, -0.15) is 0 Å². The highest BCUT2D eigenvalue weighted by Gasteiger charge is 2.49. The summed E-state index contributed by atoms with van der Waals surface area (Å²) < 4.78 is 0. The molecule has 1 aromatic rings. The van der Waals surface area contributed by atoms with Crippen molar-refractivity contribution < 1.29 is 0 Å². The minimum absolute atomic E-state index is 0.821. The van der Waals surface area contributed by atoms with Gasteiger partial charge >= 0.3 is 0 Å². The SMILES string of the molecule is NC1(Cl)C=CC(c2ccccc2)=CC1(Cl)N1CCNCC1. The third kappa shape index (κ3) is 2.77. The van der Waals surface area contributed by atoms with Crippen LogP contribution in [0.3, 0.4) is 0 Å². The van der Waals surface area contributed by atoms with Gasteiger partial charge in [0, 0.05) is 26.2 Å². The standard InChI is InChI=1S/C16H19Cl2N3/c17-15(19)7-6-14(13-4-2-1-3-5-13)12-16(15,18)21-10-8-20-9-11-21/h1-7,12,20H,8-11,19H2. The van der Waals surface area contributed by atoms with Crippen LogP contribution in [0.25, 0.3) is 5.57 Å². The van der Waals surface area contributed by atoms with E-state index in [1.807, 2.05) is 30.4 Å². The number of nitrogens with two attached hydrogens (primary N) is 1. The normalized spacial score (nSPS) is 33.8. The molecule has 2 aliphatic rings. The van der Waals surface area contributed by atoms with Gasteiger partial charge in [0.1, 0.15) is 5.00 Å². The Morgan fingerprint density at radius 2 is 1.76 bits per heavy atom. The summed E-state index contributed by atoms with van der Waals surface area (Å²) in [6.45, 7) is 3.42. The Bertz CT molecular complexity index is 562. The Kier molecular flexibility index (Phi) is 4.12. The van der Waals surface area contributed by atoms with Gasteiger partial charge in [-0.25, -0.2) is 0 Å². The zero-order valence-electron chi connectivity index (χ0n) is 11.7. The molecule has 2 atom stereocenters. The van der Waals surface area contributed by atoms with Crippen LogP contribution in [-0.4, -0.2) is 41.1 Å². The second-order valence-electron chi connectivity index (χ2n) is 5.48. The summed E-state index contributed by atoms with van der Waals surface area (Å²) in [5, 5.41) is 3.32. The van der Waals surface area contributed by atoms with E-state index in [1.54, 1.807) is 6.08 Å². The second kappa shape index (κ2) is 5.75. The van der Waals surface area contributed by atoms with Crippen LogP contribution in [0.5, 0.6) is 0 Å². The molecule has 1 aromatic carbocycles. The fourth-order valence-corrected chi connectivity index (χ4v) is 3.41. The molecule has 1 aliphatic heterocycles. The number of nitrogens with zero attached hydrogens (tertiary/aromatic N) is 1. The fraction of sp³-hybridized carbons (Fsp3) is 0.375. The zero-order valence-corrected chi connectivity index (χ0v) is 13.2. The van der Waals surface area contributed by atoms with Crippen LogP contribution in [0, 0.1) is 0 Å². The number of halogens is 2. The summed E-state index contributed by atoms with van der Waals surface area (Å²) >= 11 is 13.4. The fourth-order valence-electron chi connectivity index (χ4n) is 2.83. The summed E-state index contributed by atoms with van der Waals surface area (Å²) in [5.74, 6) is 0. The van der Waals surface area contributed by atoms with E-state index < -0.39 is 10.00 Å². The smallest absolute Gasteiger partial charge is 0.152 e. The van der Waals surface area contributed by atoms with Crippen molar-refractivity contribution in [1.82, 2.24) is 10.2 Å². The van der Waals surface area contributed by atoms with Crippen molar-refractivity contribution in [2.45, 2.75) is 10.00 Å². The summed E-state index contributed by atoms with van der Waals surface area (Å²) in [6, 6.07) is 10.1. The topological polar surface area (TPSA) is 41.3 Å². The molecule has 2 unspecified atom stereocenters. The molecule has 3 nitrogen and oxygen atoms in total. The average molecular weight is 324 g/mol. The highest BCUT2D eigenvalue weighted by molar-refractivity contribution is 6.37. The van der Waals surface area contributed by atoms with Crippen LogP contribution in [0.2, 0.25) is 0 Å². The molecule has 0 amide bonds. The first-order valence-corrected chi connectivity index (χ1v) is 7.88. The third-order valence-electron chi connectivity index (χ3n) is 4.07. The van der Waals surface area contributed by atoms with Crippen molar-refractivity contribution >= 4 is 28.8 Å². The van der Waals surface area contributed by atoms with E-state index >= 15 is 0 Å². The van der Waals surface area contributed by atoms with Crippen molar-refractivity contribution in [3.63, 3.8) is 0 Å². The van der Waals surface area contributed by atoms with Gasteiger partial charge in [-0.1, -0.05) is 59.6 Å². The molecule has 0 saturated carbocycles. The second-order valence-corrected chi connectivity index (χ2v) is 6.68. The van der Waals surface area contributed by atoms with Gasteiger partial charge in [0.15, 0.2) is 5.00 Å². The number of piperazine rings is 1. The Hall–Kier alpha value is -0.840. The van der Waals surface area contributed by atoms with Gasteiger partial charge in [0.2, 0.25) is 0 Å². The summed E-state index contributed by atoms with van der Waals surface area (Å²) in [7, 11) is 0. The van der Waals surface area contributed by atoms with Crippen LogP contribution in [0.4, 0.5) is 0 Å². The molecule has 1 aliphatic carbocycles. The van der Waals surface area contributed by atoms with E-state index in [9.17, 15) is 0 Å². The van der Waals surface area contributed by atoms with Crippen LogP contribution in [0.15, 0.2) is 48.6 Å². The largest absolute Gasteiger partial charge is 0.314 e. The maximum Gasteiger partial charge on any atom is 0.152 e. The summed E-state index contributed by atoms with van der Waals surface area (Å²) in [4.78, 5) is 0.102. The molecule has 0 radical (unpaired) electrons. The first kappa shape index (κ1) is 15.1. The minimum atomic E-state index is -1.12. The van der Waals surface area contributed by atoms with Crippen LogP contribution < -0.4 is 11.1 Å². The number of nitrogens with one attached hydrogen (secondary N) is 1. The lowest BCUT2D eigenvalue weighted by atomic mass is 9.91. The van der Waals surface area contributed by atoms with Gasteiger partial charge in [0.05, 0.1) is 0 Å². The molecule has 0 spiro atoms. The Morgan fingerprint density at radius 1 is 1.10 bits per heavy atom. The number of hydrogen-bond acceptors (Lipinski definition) is 3. The van der Waals surface area contributed by atoms with Gasteiger partial charge < -0.3 is 11.1 Å². The number of benzene rings is 1. The van der Waals surface area contributed by atoms with Gasteiger partial charge in [-0.3, -0.25) is 4.90 Å². The quantitative estimate of drug-likeness (QED) is 0.648. The van der Waals surface area contributed by atoms with Crippen LogP contribution in [0.1, 0.15) is 5.56 Å². The van der Waals surface area contributed by atoms with E-state index in [2.05, 4.69) is 22.3 Å². The molecule has 1 fully saturated rings. The molecular formula is C16H19Cl2N3. The van der Waals surface area contributed by atoms with Gasteiger partial charge in [-0.05, 0) is 23.3 Å². The Balaban J connectivity index is 1.99. The molecule has 5 heteroatoms. The lowest BCUT2D eigenvalue weighted by Crippen LogP contribution is -2.64. The summed E-state index contributed by atoms with van der Waals surface area (Å²) in [5.41, 5.74) is 8.43. The lowest BCUT2D eigenvalue weighted by molar-refractivity contribution is 0.152. The predicted molar refractivity (Wildman–Crippen MR) is 89.4 cm³/mol. The van der Waals surface area contributed by atoms with Crippen LogP contribution in [-0.2, 0) is 0 Å². The molecule has 21 heavy (non-hydrogen) atoms. The van der Waals surface area contributed by atoms with E-state index in [0.29, 0.717) is 0 Å². The number of rotatable bonds is 2. The van der Waals surface area contributed by atoms with Crippen molar-refractivity contribution in [2.24, 2.45) is 5.73 Å². The molecular weight excluding hydrogens is 305 g/mol. The summed E-state index contributed by atoms with van der Waals surface area (Å²) in [6.07, 6.45) is 5.74. The molecule has 1 saturated heterocycles. The van der Waals surface area contributed by atoms with Crippen molar-refractivity contribution in [3.05, 3.63) is 54.1 Å². The maximum absolute atomic E-state index is 6.90. The zero-order chi connectivity index (χ0) is 14.9. The van der Waals surface area contributed by atoms with Gasteiger partial charge in [0.25, 0.3) is 0 Å². The number of allylic oxidation sites excluding steroid dienone is 2. The van der Waals surface area contributed by atoms with Crippen molar-refractivity contribution in [3.8, 4) is 0 Å². The number of alkyl halides is 2. The van der Waals surface area contributed by atoms with Crippen LogP contribution >= 0.6 is 23.2 Å². The van der Waals surface area contributed by atoms with Gasteiger partial charge in [-0.15, -0.1) is 0 Å². The first-order valence-electron chi connectivity index (χ1n) is 7.13.